The van der Waals surface area contributed by atoms with Crippen molar-refractivity contribution in [3.05, 3.63) is 53.7 Å². The molecule has 1 N–H and O–H groups in total. The lowest BCUT2D eigenvalue weighted by Gasteiger charge is -2.19. The molecule has 2 heterocycles. The molecule has 6 heteroatoms. The van der Waals surface area contributed by atoms with E-state index in [1.54, 1.807) is 35.4 Å². The molecule has 1 atom stereocenters. The van der Waals surface area contributed by atoms with Gasteiger partial charge in [-0.1, -0.05) is 32.0 Å². The Hall–Kier alpha value is -2.60. The highest BCUT2D eigenvalue weighted by atomic mass is 16.5. The highest BCUT2D eigenvalue weighted by molar-refractivity contribution is 5.78. The van der Waals surface area contributed by atoms with Gasteiger partial charge in [0, 0.05) is 24.7 Å². The van der Waals surface area contributed by atoms with Crippen LogP contribution in [0.15, 0.2) is 42.6 Å². The topological polar surface area (TPSA) is 71.9 Å². The molecule has 144 valence electrons. The van der Waals surface area contributed by atoms with Gasteiger partial charge < -0.3 is 19.5 Å². The number of nitrogens with zero attached hydrogens (tertiary/aromatic N) is 2. The number of likely N-dealkylation sites (tertiary alicyclic amines) is 1. The minimum Gasteiger partial charge on any atom is -0.484 e. The van der Waals surface area contributed by atoms with Gasteiger partial charge in [-0.2, -0.15) is 0 Å². The zero-order chi connectivity index (χ0) is 19.2. The molecule has 0 saturated carbocycles. The predicted octanol–water partition coefficient (Wildman–Crippen LogP) is 2.76. The maximum Gasteiger partial charge on any atom is 0.260 e. The highest BCUT2D eigenvalue weighted by Crippen LogP contribution is 2.26. The number of aliphatic hydroxyl groups excluding tert-OH is 1. The lowest BCUT2D eigenvalue weighted by atomic mass is 10.1. The van der Waals surface area contributed by atoms with Crippen LogP contribution in [0.25, 0.3) is 0 Å². The number of aliphatic hydroxyl groups is 1. The molecular formula is C21H26N2O4. The van der Waals surface area contributed by atoms with E-state index in [1.807, 2.05) is 12.1 Å². The molecule has 1 saturated heterocycles. The van der Waals surface area contributed by atoms with Crippen molar-refractivity contribution < 1.29 is 19.4 Å². The second-order valence-electron chi connectivity index (χ2n) is 7.01. The average Bonchev–Trinajstić information content (AvgIpc) is 3.15. The van der Waals surface area contributed by atoms with E-state index >= 15 is 0 Å². The first kappa shape index (κ1) is 19.2. The van der Waals surface area contributed by atoms with Crippen molar-refractivity contribution in [3.63, 3.8) is 0 Å². The van der Waals surface area contributed by atoms with Crippen LogP contribution in [0.3, 0.4) is 0 Å². The largest absolute Gasteiger partial charge is 0.484 e. The molecular weight excluding hydrogens is 344 g/mol. The summed E-state index contributed by atoms with van der Waals surface area (Å²) < 4.78 is 11.6. The van der Waals surface area contributed by atoms with E-state index in [0.29, 0.717) is 30.6 Å². The van der Waals surface area contributed by atoms with Crippen molar-refractivity contribution >= 4 is 5.91 Å². The Labute approximate surface area is 159 Å². The van der Waals surface area contributed by atoms with Crippen molar-refractivity contribution in [3.8, 4) is 11.6 Å². The Bertz CT molecular complexity index is 761. The minimum atomic E-state index is -0.0579. The third-order valence-corrected chi connectivity index (χ3v) is 4.67. The van der Waals surface area contributed by atoms with Crippen molar-refractivity contribution in [2.24, 2.45) is 0 Å². The minimum absolute atomic E-state index is 0.00791. The van der Waals surface area contributed by atoms with E-state index < -0.39 is 0 Å². The van der Waals surface area contributed by atoms with Crippen LogP contribution < -0.4 is 9.47 Å². The predicted molar refractivity (Wildman–Crippen MR) is 102 cm³/mol. The molecule has 0 radical (unpaired) electrons. The van der Waals surface area contributed by atoms with Crippen molar-refractivity contribution in [1.82, 2.24) is 9.88 Å². The van der Waals surface area contributed by atoms with Gasteiger partial charge in [-0.25, -0.2) is 4.98 Å². The number of hydrogen-bond acceptors (Lipinski definition) is 5. The average molecular weight is 370 g/mol. The van der Waals surface area contributed by atoms with Crippen LogP contribution in [0.4, 0.5) is 0 Å². The number of pyridine rings is 1. The maximum atomic E-state index is 12.4. The molecule has 1 aliphatic rings. The Morgan fingerprint density at radius 2 is 2.07 bits per heavy atom. The Balaban J connectivity index is 1.50. The van der Waals surface area contributed by atoms with Crippen LogP contribution in [0.5, 0.6) is 11.6 Å². The van der Waals surface area contributed by atoms with Gasteiger partial charge in [0.05, 0.1) is 13.2 Å². The zero-order valence-corrected chi connectivity index (χ0v) is 15.8. The number of carbonyl (C=O) groups excluding carboxylic acids is 1. The van der Waals surface area contributed by atoms with Crippen LogP contribution >= 0.6 is 0 Å². The fourth-order valence-electron chi connectivity index (χ4n) is 3.08. The van der Waals surface area contributed by atoms with Crippen LogP contribution in [-0.2, 0) is 11.4 Å². The van der Waals surface area contributed by atoms with E-state index in [1.165, 1.54) is 0 Å². The number of rotatable bonds is 7. The molecule has 0 aliphatic carbocycles. The van der Waals surface area contributed by atoms with Crippen molar-refractivity contribution in [2.45, 2.75) is 38.9 Å². The molecule has 27 heavy (non-hydrogen) atoms. The highest BCUT2D eigenvalue weighted by Gasteiger charge is 2.28. The number of carbonyl (C=O) groups is 1. The molecule has 1 aromatic carbocycles. The summed E-state index contributed by atoms with van der Waals surface area (Å²) in [4.78, 5) is 18.5. The van der Waals surface area contributed by atoms with Gasteiger partial charge >= 0.3 is 0 Å². The molecule has 3 rings (SSSR count). The van der Waals surface area contributed by atoms with Crippen molar-refractivity contribution in [1.29, 1.82) is 0 Å². The zero-order valence-electron chi connectivity index (χ0n) is 15.8. The van der Waals surface area contributed by atoms with Crippen LogP contribution in [0.2, 0.25) is 0 Å². The van der Waals surface area contributed by atoms with E-state index in [9.17, 15) is 4.79 Å². The standard InChI is InChI=1S/C21H26N2O4/c1-15(2)19-4-3-10-22-21(19)27-18-9-11-23(12-18)20(25)14-26-17-7-5-16(13-24)6-8-17/h3-8,10,15,18,24H,9,11-14H2,1-2H3. The number of hydrogen-bond donors (Lipinski definition) is 1. The number of ether oxygens (including phenoxy) is 2. The summed E-state index contributed by atoms with van der Waals surface area (Å²) in [5.74, 6) is 1.55. The molecule has 1 aromatic heterocycles. The number of benzene rings is 1. The van der Waals surface area contributed by atoms with Crippen LogP contribution in [0, 0.1) is 0 Å². The summed E-state index contributed by atoms with van der Waals surface area (Å²) in [7, 11) is 0. The summed E-state index contributed by atoms with van der Waals surface area (Å²) in [6.45, 7) is 5.40. The first-order chi connectivity index (χ1) is 13.1. The molecule has 2 aromatic rings. The number of aromatic nitrogens is 1. The monoisotopic (exact) mass is 370 g/mol. The second kappa shape index (κ2) is 8.86. The lowest BCUT2D eigenvalue weighted by molar-refractivity contribution is -0.132. The number of amides is 1. The third kappa shape index (κ3) is 4.98. The maximum absolute atomic E-state index is 12.4. The quantitative estimate of drug-likeness (QED) is 0.811. The SMILES string of the molecule is CC(C)c1cccnc1OC1CCN(C(=O)COc2ccc(CO)cc2)C1. The Morgan fingerprint density at radius 3 is 2.78 bits per heavy atom. The van der Waals surface area contributed by atoms with E-state index in [2.05, 4.69) is 18.8 Å². The molecule has 1 fully saturated rings. The van der Waals surface area contributed by atoms with Gasteiger partial charge in [-0.3, -0.25) is 4.79 Å². The Morgan fingerprint density at radius 1 is 1.30 bits per heavy atom. The fraction of sp³-hybridized carbons (Fsp3) is 0.429. The van der Waals surface area contributed by atoms with Gasteiger partial charge in [0.1, 0.15) is 11.9 Å². The van der Waals surface area contributed by atoms with Crippen LogP contribution in [-0.4, -0.2) is 46.7 Å². The summed E-state index contributed by atoms with van der Waals surface area (Å²) >= 11 is 0. The molecule has 1 amide bonds. The fourth-order valence-corrected chi connectivity index (χ4v) is 3.08. The second-order valence-corrected chi connectivity index (χ2v) is 7.01. The van der Waals surface area contributed by atoms with Gasteiger partial charge in [-0.05, 0) is 29.7 Å². The van der Waals surface area contributed by atoms with Gasteiger partial charge in [0.2, 0.25) is 5.88 Å². The molecule has 6 nitrogen and oxygen atoms in total. The molecule has 0 spiro atoms. The molecule has 1 unspecified atom stereocenters. The summed E-state index contributed by atoms with van der Waals surface area (Å²) in [5, 5.41) is 9.05. The van der Waals surface area contributed by atoms with Crippen LogP contribution in [0.1, 0.15) is 37.3 Å². The normalized spacial score (nSPS) is 16.6. The van der Waals surface area contributed by atoms with Gasteiger partial charge in [0.25, 0.3) is 5.91 Å². The Kier molecular flexibility index (Phi) is 6.29. The summed E-state index contributed by atoms with van der Waals surface area (Å²) in [6, 6.07) is 11.0. The molecule has 0 bridgehead atoms. The molecule has 1 aliphatic heterocycles. The third-order valence-electron chi connectivity index (χ3n) is 4.67. The lowest BCUT2D eigenvalue weighted by Crippen LogP contribution is -2.34. The van der Waals surface area contributed by atoms with E-state index in [4.69, 9.17) is 14.6 Å². The summed E-state index contributed by atoms with van der Waals surface area (Å²) in [5.41, 5.74) is 1.89. The first-order valence-electron chi connectivity index (χ1n) is 9.28. The van der Waals surface area contributed by atoms with E-state index in [0.717, 1.165) is 17.5 Å². The smallest absolute Gasteiger partial charge is 0.260 e. The van der Waals surface area contributed by atoms with Crippen molar-refractivity contribution in [2.75, 3.05) is 19.7 Å². The summed E-state index contributed by atoms with van der Waals surface area (Å²) in [6.07, 6.45) is 2.46. The first-order valence-corrected chi connectivity index (χ1v) is 9.28. The van der Waals surface area contributed by atoms with E-state index in [-0.39, 0.29) is 25.2 Å². The van der Waals surface area contributed by atoms with Gasteiger partial charge in [-0.15, -0.1) is 0 Å². The van der Waals surface area contributed by atoms with Gasteiger partial charge in [0.15, 0.2) is 6.61 Å².